The van der Waals surface area contributed by atoms with E-state index < -0.39 is 78.7 Å². The predicted octanol–water partition coefficient (Wildman–Crippen LogP) is -2.14. The minimum Gasteiger partial charge on any atom is -0.330 e. The molecule has 4 amide bonds. The highest BCUT2D eigenvalue weighted by atomic mass is 32.2. The van der Waals surface area contributed by atoms with Crippen molar-refractivity contribution < 1.29 is 55.3 Å². The van der Waals surface area contributed by atoms with Crippen LogP contribution in [0.25, 0.3) is 0 Å². The first-order chi connectivity index (χ1) is 15.0. The van der Waals surface area contributed by atoms with Crippen LogP contribution >= 0.6 is 0 Å². The normalized spacial score (nSPS) is 16.1. The molecule has 32 heavy (non-hydrogen) atoms. The quantitative estimate of drug-likeness (QED) is 0.193. The third-order valence-electron chi connectivity index (χ3n) is 4.22. The lowest BCUT2D eigenvalue weighted by atomic mass is 10.1. The number of carbonyl (C=O) groups excluding carboxylic acids is 6. The third kappa shape index (κ3) is 6.07. The van der Waals surface area contributed by atoms with Crippen molar-refractivity contribution in [3.8, 4) is 0 Å². The Morgan fingerprint density at radius 2 is 1.00 bits per heavy atom. The standard InChI is InChI=1S/C16H16N2O12S2/c19-11-7-9(31(25)26)15(23)17(11)29-13(21)5-3-1-2-4-6-14(22)30-18-12(20)8-10(16(18)24)32(27)28/h1-8H2. The van der Waals surface area contributed by atoms with Crippen molar-refractivity contribution in [2.75, 3.05) is 0 Å². The van der Waals surface area contributed by atoms with Crippen LogP contribution in [0.3, 0.4) is 0 Å². The SMILES string of the molecule is O=C(CCCCCCC(=O)ON1C(=O)CC(=S(=O)=O)C1=O)ON1C(=O)CC(=S(=O)=O)C1=O. The van der Waals surface area contributed by atoms with E-state index in [4.69, 9.17) is 0 Å². The van der Waals surface area contributed by atoms with Crippen LogP contribution in [0.4, 0.5) is 0 Å². The van der Waals surface area contributed by atoms with Gasteiger partial charge in [-0.15, -0.1) is 0 Å². The molecule has 0 saturated carbocycles. The number of imide groups is 2. The molecule has 2 heterocycles. The summed E-state index contributed by atoms with van der Waals surface area (Å²) in [7, 11) is -5.79. The fourth-order valence-electron chi connectivity index (χ4n) is 2.65. The molecule has 0 atom stereocenters. The maximum Gasteiger partial charge on any atom is 0.333 e. The van der Waals surface area contributed by atoms with Crippen molar-refractivity contribution >= 4 is 65.9 Å². The Balaban J connectivity index is 1.65. The molecular weight excluding hydrogens is 476 g/mol. The zero-order valence-electron chi connectivity index (χ0n) is 16.3. The summed E-state index contributed by atoms with van der Waals surface area (Å²) >= 11 is 0. The molecule has 0 aromatic rings. The van der Waals surface area contributed by atoms with Gasteiger partial charge in [0.05, 0.1) is 12.8 Å². The molecule has 2 aliphatic heterocycles. The van der Waals surface area contributed by atoms with Crippen LogP contribution in [-0.2, 0) is 59.0 Å². The van der Waals surface area contributed by atoms with Crippen molar-refractivity contribution in [1.29, 1.82) is 0 Å². The zero-order chi connectivity index (χ0) is 24.0. The number of nitrogens with zero attached hydrogens (tertiary/aromatic N) is 2. The first-order valence-corrected chi connectivity index (χ1v) is 11.2. The number of rotatable bonds is 9. The second-order valence-electron chi connectivity index (χ2n) is 6.50. The van der Waals surface area contributed by atoms with E-state index in [9.17, 15) is 45.6 Å². The molecule has 2 rings (SSSR count). The first-order valence-electron chi connectivity index (χ1n) is 9.09. The maximum atomic E-state index is 11.7. The van der Waals surface area contributed by atoms with Gasteiger partial charge in [-0.3, -0.25) is 19.2 Å². The first kappa shape index (κ1) is 24.9. The molecule has 174 valence electrons. The van der Waals surface area contributed by atoms with Gasteiger partial charge in [0.25, 0.3) is 11.8 Å². The molecule has 0 radical (unpaired) electrons. The van der Waals surface area contributed by atoms with Crippen LogP contribution in [0.2, 0.25) is 0 Å². The summed E-state index contributed by atoms with van der Waals surface area (Å²) in [6, 6.07) is 0. The highest BCUT2D eigenvalue weighted by Gasteiger charge is 2.40. The van der Waals surface area contributed by atoms with Crippen LogP contribution in [0, 0.1) is 0 Å². The molecule has 0 aromatic heterocycles. The van der Waals surface area contributed by atoms with Gasteiger partial charge in [-0.25, -0.2) is 9.59 Å². The van der Waals surface area contributed by atoms with Gasteiger partial charge in [0.15, 0.2) is 0 Å². The summed E-state index contributed by atoms with van der Waals surface area (Å²) in [5, 5.41) is 0.214. The van der Waals surface area contributed by atoms with Crippen molar-refractivity contribution in [3.05, 3.63) is 0 Å². The van der Waals surface area contributed by atoms with Crippen LogP contribution in [0.1, 0.15) is 51.4 Å². The monoisotopic (exact) mass is 492 g/mol. The van der Waals surface area contributed by atoms with Crippen molar-refractivity contribution in [3.63, 3.8) is 0 Å². The van der Waals surface area contributed by atoms with Crippen LogP contribution in [0.15, 0.2) is 0 Å². The molecule has 16 heteroatoms. The van der Waals surface area contributed by atoms with E-state index in [2.05, 4.69) is 9.68 Å². The van der Waals surface area contributed by atoms with E-state index >= 15 is 0 Å². The van der Waals surface area contributed by atoms with Gasteiger partial charge in [-0.2, -0.15) is 16.8 Å². The van der Waals surface area contributed by atoms with Crippen LogP contribution < -0.4 is 0 Å². The average molecular weight is 492 g/mol. The van der Waals surface area contributed by atoms with E-state index in [1.54, 1.807) is 0 Å². The largest absolute Gasteiger partial charge is 0.333 e. The summed E-state index contributed by atoms with van der Waals surface area (Å²) < 4.78 is 43.2. The van der Waals surface area contributed by atoms with Gasteiger partial charge >= 0.3 is 23.8 Å². The number of amides is 4. The third-order valence-corrected chi connectivity index (χ3v) is 5.67. The van der Waals surface area contributed by atoms with Crippen LogP contribution in [-0.4, -0.2) is 72.3 Å². The fourth-order valence-corrected chi connectivity index (χ4v) is 3.59. The molecule has 0 unspecified atom stereocenters. The molecule has 0 aliphatic carbocycles. The van der Waals surface area contributed by atoms with Gasteiger partial charge < -0.3 is 9.68 Å². The molecule has 2 saturated heterocycles. The van der Waals surface area contributed by atoms with E-state index in [0.29, 0.717) is 12.8 Å². The number of carbonyl (C=O) groups is 6. The lowest BCUT2D eigenvalue weighted by molar-refractivity contribution is -0.196. The molecule has 0 bridgehead atoms. The molecular formula is C16H16N2O12S2. The fraction of sp³-hybridized carbons (Fsp3) is 0.500. The lowest BCUT2D eigenvalue weighted by Crippen LogP contribution is -2.33. The van der Waals surface area contributed by atoms with Gasteiger partial charge in [-0.1, -0.05) is 23.0 Å². The van der Waals surface area contributed by atoms with Crippen molar-refractivity contribution in [2.45, 2.75) is 51.4 Å². The van der Waals surface area contributed by atoms with Crippen LogP contribution in [0.5, 0.6) is 0 Å². The summed E-state index contributed by atoms with van der Waals surface area (Å²) in [6.07, 6.45) is -0.322. The Morgan fingerprint density at radius 3 is 1.28 bits per heavy atom. The lowest BCUT2D eigenvalue weighted by Gasteiger charge is -2.12. The smallest absolute Gasteiger partial charge is 0.330 e. The van der Waals surface area contributed by atoms with Gasteiger partial charge in [-0.05, 0) is 12.8 Å². The van der Waals surface area contributed by atoms with Gasteiger partial charge in [0, 0.05) is 12.8 Å². The summed E-state index contributed by atoms with van der Waals surface area (Å²) in [5.74, 6) is -6.20. The topological polar surface area (TPSA) is 196 Å². The Morgan fingerprint density at radius 1 is 0.656 bits per heavy atom. The van der Waals surface area contributed by atoms with E-state index in [1.165, 1.54) is 0 Å². The van der Waals surface area contributed by atoms with Gasteiger partial charge in [0.1, 0.15) is 9.73 Å². The van der Waals surface area contributed by atoms with E-state index in [-0.39, 0.29) is 35.8 Å². The Labute approximate surface area is 183 Å². The minimum atomic E-state index is -2.89. The number of hydroxylamine groups is 4. The molecule has 0 spiro atoms. The van der Waals surface area contributed by atoms with Crippen molar-refractivity contribution in [1.82, 2.24) is 10.1 Å². The van der Waals surface area contributed by atoms with Gasteiger partial charge in [0.2, 0.25) is 20.6 Å². The highest BCUT2D eigenvalue weighted by molar-refractivity contribution is 7.75. The summed E-state index contributed by atoms with van der Waals surface area (Å²) in [6.45, 7) is 0. The number of hydrogen-bond acceptors (Lipinski definition) is 12. The number of hydrogen-bond donors (Lipinski definition) is 0. The highest BCUT2D eigenvalue weighted by Crippen LogP contribution is 2.14. The summed E-state index contributed by atoms with van der Waals surface area (Å²) in [4.78, 5) is 77.6. The zero-order valence-corrected chi connectivity index (χ0v) is 17.9. The molecule has 0 N–H and O–H groups in total. The Bertz CT molecular complexity index is 1060. The second-order valence-corrected chi connectivity index (χ2v) is 8.42. The predicted molar refractivity (Wildman–Crippen MR) is 101 cm³/mol. The minimum absolute atomic E-state index is 0.107. The molecule has 0 aromatic carbocycles. The van der Waals surface area contributed by atoms with E-state index in [0.717, 1.165) is 0 Å². The Hall–Kier alpha value is -3.40. The second kappa shape index (κ2) is 10.8. The molecule has 14 nitrogen and oxygen atoms in total. The van der Waals surface area contributed by atoms with Crippen molar-refractivity contribution in [2.24, 2.45) is 0 Å². The van der Waals surface area contributed by atoms with E-state index in [1.807, 2.05) is 0 Å². The maximum absolute atomic E-state index is 11.7. The summed E-state index contributed by atoms with van der Waals surface area (Å²) in [5.41, 5.74) is 0. The molecule has 2 fully saturated rings. The Kier molecular flexibility index (Phi) is 8.36. The number of unbranched alkanes of at least 4 members (excludes halogenated alkanes) is 3. The molecule has 2 aliphatic rings. The average Bonchev–Trinajstić information content (AvgIpc) is 3.15.